The first-order valence-corrected chi connectivity index (χ1v) is 8.73. The van der Waals surface area contributed by atoms with Gasteiger partial charge in [0, 0.05) is 11.8 Å². The number of rotatable bonds is 3. The van der Waals surface area contributed by atoms with Gasteiger partial charge < -0.3 is 5.43 Å². The quantitative estimate of drug-likeness (QED) is 0.788. The van der Waals surface area contributed by atoms with E-state index in [0.29, 0.717) is 18.4 Å². The van der Waals surface area contributed by atoms with Crippen LogP contribution in [0, 0.1) is 17.8 Å². The van der Waals surface area contributed by atoms with Crippen LogP contribution in [-0.2, 0) is 0 Å². The summed E-state index contributed by atoms with van der Waals surface area (Å²) in [6, 6.07) is 13.0. The van der Waals surface area contributed by atoms with Gasteiger partial charge in [0.1, 0.15) is 0 Å². The van der Waals surface area contributed by atoms with E-state index in [0.717, 1.165) is 16.3 Å². The third-order valence-electron chi connectivity index (χ3n) is 5.56. The zero-order chi connectivity index (χ0) is 18.3. The monoisotopic (exact) mass is 360 g/mol. The molecule has 6 heteroatoms. The van der Waals surface area contributed by atoms with Gasteiger partial charge in [0.15, 0.2) is 0 Å². The summed E-state index contributed by atoms with van der Waals surface area (Å²) in [7, 11) is 0. The van der Waals surface area contributed by atoms with Crippen molar-refractivity contribution >= 4 is 16.7 Å². The zero-order valence-electron chi connectivity index (χ0n) is 14.0. The van der Waals surface area contributed by atoms with E-state index in [1.165, 1.54) is 0 Å². The molecular weight excluding hydrogens is 341 g/mol. The second-order valence-electron chi connectivity index (χ2n) is 7.14. The van der Waals surface area contributed by atoms with Crippen molar-refractivity contribution in [2.24, 2.45) is 17.8 Å². The van der Waals surface area contributed by atoms with Crippen molar-refractivity contribution in [1.29, 1.82) is 0 Å². The Balaban J connectivity index is 1.45. The molecule has 136 valence electrons. The van der Waals surface area contributed by atoms with Gasteiger partial charge in [-0.25, -0.2) is 0 Å². The maximum Gasteiger partial charge on any atom is 0.392 e. The maximum atomic E-state index is 13.1. The molecule has 3 atom stereocenters. The lowest BCUT2D eigenvalue weighted by atomic mass is 9.85. The Morgan fingerprint density at radius 1 is 1.08 bits per heavy atom. The molecule has 0 aromatic heterocycles. The van der Waals surface area contributed by atoms with Gasteiger partial charge in [-0.15, -0.1) is 0 Å². The highest BCUT2D eigenvalue weighted by Crippen LogP contribution is 2.56. The van der Waals surface area contributed by atoms with Gasteiger partial charge in [0.25, 0.3) is 5.91 Å². The van der Waals surface area contributed by atoms with Gasteiger partial charge in [-0.3, -0.25) is 10.2 Å². The Bertz CT molecular complexity index is 869. The molecule has 26 heavy (non-hydrogen) atoms. The molecule has 0 heterocycles. The first-order valence-electron chi connectivity index (χ1n) is 8.73. The molecule has 2 aliphatic carbocycles. The molecular formula is C20H19F3N2O. The normalized spacial score (nSPS) is 26.4. The number of allylic oxidation sites excluding steroid dienone is 1. The van der Waals surface area contributed by atoms with E-state index >= 15 is 0 Å². The van der Waals surface area contributed by atoms with Crippen molar-refractivity contribution in [3.8, 4) is 0 Å². The highest BCUT2D eigenvalue weighted by atomic mass is 19.4. The summed E-state index contributed by atoms with van der Waals surface area (Å²) in [5.41, 5.74) is 6.58. The molecule has 3 nitrogen and oxygen atoms in total. The van der Waals surface area contributed by atoms with Gasteiger partial charge in [0.05, 0.1) is 5.92 Å². The number of alkyl halides is 3. The van der Waals surface area contributed by atoms with Crippen molar-refractivity contribution < 1.29 is 18.0 Å². The lowest BCUT2D eigenvalue weighted by Gasteiger charge is -2.26. The predicted octanol–water partition coefficient (Wildman–Crippen LogP) is 4.57. The Kier molecular flexibility index (Phi) is 4.13. The van der Waals surface area contributed by atoms with Crippen LogP contribution in [-0.4, -0.2) is 12.1 Å². The molecule has 1 amide bonds. The number of carbonyl (C=O) groups is 1. The SMILES string of the molecule is O=C(NNC=C1CC2CC1C(C(F)(F)F)C2)c1cccc2ccccc12. The average Bonchev–Trinajstić information content (AvgIpc) is 3.21. The van der Waals surface area contributed by atoms with E-state index in [4.69, 9.17) is 0 Å². The second kappa shape index (κ2) is 6.34. The van der Waals surface area contributed by atoms with Crippen LogP contribution in [0.5, 0.6) is 0 Å². The number of halogens is 3. The Morgan fingerprint density at radius 2 is 1.85 bits per heavy atom. The second-order valence-corrected chi connectivity index (χ2v) is 7.14. The fraction of sp³-hybridized carbons (Fsp3) is 0.350. The summed E-state index contributed by atoms with van der Waals surface area (Å²) in [4.78, 5) is 12.4. The van der Waals surface area contributed by atoms with Crippen LogP contribution in [0.1, 0.15) is 29.6 Å². The number of carbonyl (C=O) groups excluding carboxylic acids is 1. The summed E-state index contributed by atoms with van der Waals surface area (Å²) in [6.07, 6.45) is -1.10. The highest BCUT2D eigenvalue weighted by Gasteiger charge is 2.54. The molecule has 2 aromatic carbocycles. The summed E-state index contributed by atoms with van der Waals surface area (Å²) < 4.78 is 39.3. The number of fused-ring (bicyclic) bond motifs is 3. The molecule has 2 aromatic rings. The maximum absolute atomic E-state index is 13.1. The van der Waals surface area contributed by atoms with Crippen molar-refractivity contribution in [3.05, 3.63) is 59.8 Å². The van der Waals surface area contributed by atoms with E-state index in [1.807, 2.05) is 30.3 Å². The summed E-state index contributed by atoms with van der Waals surface area (Å²) >= 11 is 0. The highest BCUT2D eigenvalue weighted by molar-refractivity contribution is 6.06. The van der Waals surface area contributed by atoms with Crippen LogP contribution in [0.4, 0.5) is 13.2 Å². The fourth-order valence-corrected chi connectivity index (χ4v) is 4.42. The van der Waals surface area contributed by atoms with Crippen LogP contribution in [0.3, 0.4) is 0 Å². The molecule has 0 aliphatic heterocycles. The molecule has 2 N–H and O–H groups in total. The van der Waals surface area contributed by atoms with Gasteiger partial charge in [-0.1, -0.05) is 36.4 Å². The number of nitrogens with one attached hydrogen (secondary N) is 2. The van der Waals surface area contributed by atoms with Crippen LogP contribution >= 0.6 is 0 Å². The Hall–Kier alpha value is -2.50. The molecule has 4 rings (SSSR count). The third kappa shape index (κ3) is 3.04. The average molecular weight is 360 g/mol. The molecule has 0 saturated heterocycles. The zero-order valence-corrected chi connectivity index (χ0v) is 14.0. The molecule has 0 radical (unpaired) electrons. The first kappa shape index (κ1) is 16.9. The van der Waals surface area contributed by atoms with Crippen molar-refractivity contribution in [3.63, 3.8) is 0 Å². The van der Waals surface area contributed by atoms with Gasteiger partial charge in [-0.05, 0) is 53.5 Å². The number of hydrogen-bond donors (Lipinski definition) is 2. The smallest absolute Gasteiger partial charge is 0.306 e. The van der Waals surface area contributed by atoms with Crippen molar-refractivity contribution in [2.75, 3.05) is 0 Å². The van der Waals surface area contributed by atoms with E-state index in [2.05, 4.69) is 10.9 Å². The fourth-order valence-electron chi connectivity index (χ4n) is 4.42. The summed E-state index contributed by atoms with van der Waals surface area (Å²) in [5.74, 6) is -1.91. The number of hydrogen-bond acceptors (Lipinski definition) is 2. The van der Waals surface area contributed by atoms with Crippen LogP contribution in [0.2, 0.25) is 0 Å². The van der Waals surface area contributed by atoms with Crippen molar-refractivity contribution in [2.45, 2.75) is 25.4 Å². The van der Waals surface area contributed by atoms with E-state index in [1.54, 1.807) is 18.3 Å². The van der Waals surface area contributed by atoms with Crippen LogP contribution in [0.15, 0.2) is 54.2 Å². The molecule has 0 spiro atoms. The minimum absolute atomic E-state index is 0.105. The number of benzene rings is 2. The molecule has 2 aliphatic rings. The molecule has 2 saturated carbocycles. The number of amides is 1. The molecule has 2 fully saturated rings. The first-order chi connectivity index (χ1) is 12.4. The third-order valence-corrected chi connectivity index (χ3v) is 5.56. The van der Waals surface area contributed by atoms with Gasteiger partial charge in [0.2, 0.25) is 0 Å². The van der Waals surface area contributed by atoms with E-state index < -0.39 is 18.0 Å². The Labute approximate surface area is 149 Å². The Morgan fingerprint density at radius 3 is 2.62 bits per heavy atom. The molecule has 2 bridgehead atoms. The lowest BCUT2D eigenvalue weighted by molar-refractivity contribution is -0.182. The summed E-state index contributed by atoms with van der Waals surface area (Å²) in [6.45, 7) is 0. The van der Waals surface area contributed by atoms with Gasteiger partial charge in [-0.2, -0.15) is 13.2 Å². The van der Waals surface area contributed by atoms with E-state index in [-0.39, 0.29) is 18.2 Å². The minimum Gasteiger partial charge on any atom is -0.306 e. The van der Waals surface area contributed by atoms with E-state index in [9.17, 15) is 18.0 Å². The lowest BCUT2D eigenvalue weighted by Crippen LogP contribution is -2.35. The predicted molar refractivity (Wildman–Crippen MR) is 93.0 cm³/mol. The van der Waals surface area contributed by atoms with Gasteiger partial charge >= 0.3 is 6.18 Å². The standard InChI is InChI=1S/C20H19F3N2O/c21-20(22,23)18-10-12-8-14(17(18)9-12)11-24-25-19(26)16-7-3-5-13-4-1-2-6-15(13)16/h1-7,11-12,17-18,24H,8-10H2,(H,25,26). The largest absolute Gasteiger partial charge is 0.392 e. The van der Waals surface area contributed by atoms with Crippen LogP contribution in [0.25, 0.3) is 10.8 Å². The summed E-state index contributed by atoms with van der Waals surface area (Å²) in [5, 5.41) is 1.79. The van der Waals surface area contributed by atoms with Crippen molar-refractivity contribution in [1.82, 2.24) is 10.9 Å². The topological polar surface area (TPSA) is 41.1 Å². The minimum atomic E-state index is -4.15. The van der Waals surface area contributed by atoms with Crippen LogP contribution < -0.4 is 10.9 Å². The molecule has 3 unspecified atom stereocenters. The number of hydrazine groups is 1.